The Bertz CT molecular complexity index is 619. The fourth-order valence-electron chi connectivity index (χ4n) is 2.87. The molecule has 0 aliphatic heterocycles. The second-order valence-electron chi connectivity index (χ2n) is 5.93. The van der Waals surface area contributed by atoms with Crippen molar-refractivity contribution in [1.82, 2.24) is 20.5 Å². The van der Waals surface area contributed by atoms with Crippen molar-refractivity contribution in [3.05, 3.63) is 36.2 Å². The van der Waals surface area contributed by atoms with Gasteiger partial charge in [-0.2, -0.15) is 5.10 Å². The molecular weight excluding hydrogens is 292 g/mol. The summed E-state index contributed by atoms with van der Waals surface area (Å²) in [4.78, 5) is 16.1. The third-order valence-electron chi connectivity index (χ3n) is 4.20. The van der Waals surface area contributed by atoms with Gasteiger partial charge in [-0.3, -0.25) is 9.89 Å². The summed E-state index contributed by atoms with van der Waals surface area (Å²) < 4.78 is 5.52. The maximum Gasteiger partial charge on any atom is 0.220 e. The molecule has 1 aliphatic carbocycles. The van der Waals surface area contributed by atoms with Crippen LogP contribution in [0.15, 0.2) is 30.6 Å². The number of ether oxygens (including phenoxy) is 1. The zero-order valence-electron chi connectivity index (χ0n) is 13.3. The molecule has 1 fully saturated rings. The van der Waals surface area contributed by atoms with E-state index in [2.05, 4.69) is 20.5 Å². The summed E-state index contributed by atoms with van der Waals surface area (Å²) in [5.41, 5.74) is 2.05. The van der Waals surface area contributed by atoms with E-state index in [1.165, 1.54) is 6.33 Å². The monoisotopic (exact) mass is 314 g/mol. The van der Waals surface area contributed by atoms with Crippen LogP contribution >= 0.6 is 0 Å². The number of carbonyl (C=O) groups excluding carboxylic acids is 1. The van der Waals surface area contributed by atoms with Crippen LogP contribution in [0.25, 0.3) is 11.4 Å². The average Bonchev–Trinajstić information content (AvgIpc) is 3.06. The normalized spacial score (nSPS) is 20.0. The van der Waals surface area contributed by atoms with Gasteiger partial charge in [0.05, 0.1) is 6.10 Å². The number of benzene rings is 1. The lowest BCUT2D eigenvalue weighted by Gasteiger charge is -2.34. The molecule has 0 saturated heterocycles. The Kier molecular flexibility index (Phi) is 5.02. The molecule has 6 heteroatoms. The first kappa shape index (κ1) is 15.7. The van der Waals surface area contributed by atoms with Crippen molar-refractivity contribution in [3.8, 4) is 11.4 Å². The lowest BCUT2D eigenvalue weighted by Crippen LogP contribution is -2.35. The number of aromatic nitrogens is 3. The summed E-state index contributed by atoms with van der Waals surface area (Å²) in [6, 6.07) is 7.93. The number of H-pyrrole nitrogens is 1. The third-order valence-corrected chi connectivity index (χ3v) is 4.20. The van der Waals surface area contributed by atoms with Gasteiger partial charge in [-0.1, -0.05) is 24.3 Å². The van der Waals surface area contributed by atoms with E-state index in [4.69, 9.17) is 4.74 Å². The van der Waals surface area contributed by atoms with E-state index >= 15 is 0 Å². The van der Waals surface area contributed by atoms with Crippen LogP contribution in [0.5, 0.6) is 0 Å². The highest BCUT2D eigenvalue weighted by Crippen LogP contribution is 2.32. The predicted octanol–water partition coefficient (Wildman–Crippen LogP) is 2.29. The second kappa shape index (κ2) is 7.37. The standard InChI is InChI=1S/C17H22N4O2/c1-2-23-15-7-13(8-15)9-16(22)18-10-12-3-5-14(6-4-12)17-19-11-20-21-17/h3-6,11,13,15H,2,7-10H2,1H3,(H,18,22)(H,19,20,21). The quantitative estimate of drug-likeness (QED) is 0.822. The fourth-order valence-corrected chi connectivity index (χ4v) is 2.87. The number of rotatable bonds is 7. The molecule has 0 radical (unpaired) electrons. The van der Waals surface area contributed by atoms with Crippen molar-refractivity contribution in [1.29, 1.82) is 0 Å². The fraction of sp³-hybridized carbons (Fsp3) is 0.471. The Morgan fingerprint density at radius 1 is 1.35 bits per heavy atom. The number of amides is 1. The van der Waals surface area contributed by atoms with Crippen molar-refractivity contribution in [2.24, 2.45) is 5.92 Å². The lowest BCUT2D eigenvalue weighted by molar-refractivity contribution is -0.124. The van der Waals surface area contributed by atoms with Crippen LogP contribution in [0.4, 0.5) is 0 Å². The van der Waals surface area contributed by atoms with E-state index in [0.29, 0.717) is 25.0 Å². The zero-order chi connectivity index (χ0) is 16.1. The van der Waals surface area contributed by atoms with Crippen molar-refractivity contribution in [2.75, 3.05) is 6.61 Å². The molecule has 1 saturated carbocycles. The first-order chi connectivity index (χ1) is 11.2. The van der Waals surface area contributed by atoms with E-state index in [1.54, 1.807) is 0 Å². The highest BCUT2D eigenvalue weighted by molar-refractivity contribution is 5.76. The summed E-state index contributed by atoms with van der Waals surface area (Å²) >= 11 is 0. The van der Waals surface area contributed by atoms with Crippen molar-refractivity contribution in [2.45, 2.75) is 38.8 Å². The molecule has 1 aromatic carbocycles. The first-order valence-electron chi connectivity index (χ1n) is 8.07. The van der Waals surface area contributed by atoms with Crippen LogP contribution in [0.2, 0.25) is 0 Å². The van der Waals surface area contributed by atoms with E-state index in [-0.39, 0.29) is 5.91 Å². The highest BCUT2D eigenvalue weighted by Gasteiger charge is 2.30. The second-order valence-corrected chi connectivity index (χ2v) is 5.93. The molecule has 2 N–H and O–H groups in total. The van der Waals surface area contributed by atoms with E-state index < -0.39 is 0 Å². The number of hydrogen-bond donors (Lipinski definition) is 2. The lowest BCUT2D eigenvalue weighted by atomic mass is 9.80. The van der Waals surface area contributed by atoms with Crippen LogP contribution in [-0.4, -0.2) is 33.8 Å². The summed E-state index contributed by atoms with van der Waals surface area (Å²) in [7, 11) is 0. The Hall–Kier alpha value is -2.21. The number of nitrogens with zero attached hydrogens (tertiary/aromatic N) is 2. The molecule has 1 aromatic heterocycles. The van der Waals surface area contributed by atoms with Gasteiger partial charge in [0.25, 0.3) is 0 Å². The van der Waals surface area contributed by atoms with Gasteiger partial charge in [0.15, 0.2) is 5.82 Å². The molecule has 0 spiro atoms. The largest absolute Gasteiger partial charge is 0.378 e. The SMILES string of the molecule is CCOC1CC(CC(=O)NCc2ccc(-c3ncn[nH]3)cc2)C1. The maximum absolute atomic E-state index is 12.0. The average molecular weight is 314 g/mol. The van der Waals surface area contributed by atoms with Crippen molar-refractivity contribution in [3.63, 3.8) is 0 Å². The Morgan fingerprint density at radius 2 is 2.13 bits per heavy atom. The molecule has 3 rings (SSSR count). The number of hydrogen-bond acceptors (Lipinski definition) is 4. The maximum atomic E-state index is 12.0. The molecule has 122 valence electrons. The van der Waals surface area contributed by atoms with Crippen LogP contribution in [0, 0.1) is 5.92 Å². The Balaban J connectivity index is 1.41. The molecule has 1 heterocycles. The highest BCUT2D eigenvalue weighted by atomic mass is 16.5. The minimum absolute atomic E-state index is 0.115. The molecule has 0 unspecified atom stereocenters. The Labute approximate surface area is 135 Å². The van der Waals surface area contributed by atoms with Crippen LogP contribution in [0.1, 0.15) is 31.7 Å². The zero-order valence-corrected chi connectivity index (χ0v) is 13.3. The van der Waals surface area contributed by atoms with Crippen LogP contribution in [0.3, 0.4) is 0 Å². The Morgan fingerprint density at radius 3 is 2.78 bits per heavy atom. The summed E-state index contributed by atoms with van der Waals surface area (Å²) in [6.45, 7) is 3.32. The van der Waals surface area contributed by atoms with Crippen LogP contribution < -0.4 is 5.32 Å². The van der Waals surface area contributed by atoms with Gasteiger partial charge in [-0.05, 0) is 31.2 Å². The summed E-state index contributed by atoms with van der Waals surface area (Å²) in [5.74, 6) is 1.33. The number of carbonyl (C=O) groups is 1. The van der Waals surface area contributed by atoms with Crippen LogP contribution in [-0.2, 0) is 16.1 Å². The van der Waals surface area contributed by atoms with E-state index in [9.17, 15) is 4.79 Å². The van der Waals surface area contributed by atoms with E-state index in [0.717, 1.165) is 36.4 Å². The van der Waals surface area contributed by atoms with Gasteiger partial charge in [0.2, 0.25) is 5.91 Å². The number of nitrogens with one attached hydrogen (secondary N) is 2. The molecule has 0 atom stereocenters. The topological polar surface area (TPSA) is 79.9 Å². The van der Waals surface area contributed by atoms with E-state index in [1.807, 2.05) is 31.2 Å². The number of aromatic amines is 1. The van der Waals surface area contributed by atoms with Gasteiger partial charge < -0.3 is 10.1 Å². The predicted molar refractivity (Wildman–Crippen MR) is 86.4 cm³/mol. The minimum atomic E-state index is 0.115. The smallest absolute Gasteiger partial charge is 0.220 e. The summed E-state index contributed by atoms with van der Waals surface area (Å²) in [6.07, 6.45) is 4.46. The van der Waals surface area contributed by atoms with Crippen molar-refractivity contribution < 1.29 is 9.53 Å². The van der Waals surface area contributed by atoms with Gasteiger partial charge in [0.1, 0.15) is 6.33 Å². The molecule has 6 nitrogen and oxygen atoms in total. The van der Waals surface area contributed by atoms with Crippen molar-refractivity contribution >= 4 is 5.91 Å². The van der Waals surface area contributed by atoms with Gasteiger partial charge >= 0.3 is 0 Å². The molecule has 0 bridgehead atoms. The molecule has 2 aromatic rings. The molecule has 1 aliphatic rings. The molecule has 1 amide bonds. The molecular formula is C17H22N4O2. The third kappa shape index (κ3) is 4.16. The summed E-state index contributed by atoms with van der Waals surface area (Å²) in [5, 5.41) is 9.65. The minimum Gasteiger partial charge on any atom is -0.378 e. The van der Waals surface area contributed by atoms with Gasteiger partial charge in [0, 0.05) is 25.1 Å². The van der Waals surface area contributed by atoms with Gasteiger partial charge in [-0.15, -0.1) is 0 Å². The first-order valence-corrected chi connectivity index (χ1v) is 8.07. The molecule has 23 heavy (non-hydrogen) atoms. The van der Waals surface area contributed by atoms with Gasteiger partial charge in [-0.25, -0.2) is 4.98 Å².